The normalized spacial score (nSPS) is 10.7. The van der Waals surface area contributed by atoms with E-state index in [-0.39, 0.29) is 11.1 Å². The molecule has 0 aliphatic heterocycles. The van der Waals surface area contributed by atoms with Gasteiger partial charge in [-0.25, -0.2) is 4.98 Å². The molecule has 0 unspecified atom stereocenters. The molecule has 2 aromatic carbocycles. The number of nitro groups is 1. The summed E-state index contributed by atoms with van der Waals surface area (Å²) >= 11 is 0. The Morgan fingerprint density at radius 2 is 2.04 bits per heavy atom. The maximum Gasteiger partial charge on any atom is 0.293 e. The lowest BCUT2D eigenvalue weighted by Crippen LogP contribution is -2.09. The standard InChI is InChI=1S/C18H18N4O4/c1-26-13-6-4-12(5-7-13)3-2-8-19-16-10-15-14(9-17(16)22(24)25)18(23)21-11-20-15/h4-7,9-11,19H,2-3,8H2,1H3,(H,20,21,23). The summed E-state index contributed by atoms with van der Waals surface area (Å²) in [5.74, 6) is 0.807. The summed E-state index contributed by atoms with van der Waals surface area (Å²) in [6, 6.07) is 10.6. The van der Waals surface area contributed by atoms with Crippen LogP contribution in [0, 0.1) is 10.1 Å². The van der Waals surface area contributed by atoms with E-state index in [1.807, 2.05) is 24.3 Å². The monoisotopic (exact) mass is 354 g/mol. The number of H-pyrrole nitrogens is 1. The molecule has 3 aromatic rings. The summed E-state index contributed by atoms with van der Waals surface area (Å²) in [7, 11) is 1.62. The molecule has 8 heteroatoms. The highest BCUT2D eigenvalue weighted by molar-refractivity contribution is 5.86. The third kappa shape index (κ3) is 3.80. The van der Waals surface area contributed by atoms with Gasteiger partial charge in [-0.2, -0.15) is 0 Å². The Kier molecular flexibility index (Phi) is 5.12. The molecule has 0 saturated carbocycles. The summed E-state index contributed by atoms with van der Waals surface area (Å²) in [6.45, 7) is 0.557. The molecule has 26 heavy (non-hydrogen) atoms. The number of methoxy groups -OCH3 is 1. The molecule has 0 radical (unpaired) electrons. The van der Waals surface area contributed by atoms with E-state index in [4.69, 9.17) is 4.74 Å². The van der Waals surface area contributed by atoms with Crippen LogP contribution in [0.25, 0.3) is 10.9 Å². The largest absolute Gasteiger partial charge is 0.497 e. The SMILES string of the molecule is COc1ccc(CCCNc2cc3nc[nH]c(=O)c3cc2[N+](=O)[O-])cc1. The minimum absolute atomic E-state index is 0.138. The molecule has 0 spiro atoms. The van der Waals surface area contributed by atoms with Crippen LogP contribution in [-0.4, -0.2) is 28.5 Å². The average molecular weight is 354 g/mol. The van der Waals surface area contributed by atoms with Crippen LogP contribution in [-0.2, 0) is 6.42 Å². The molecule has 0 saturated heterocycles. The fourth-order valence-corrected chi connectivity index (χ4v) is 2.70. The summed E-state index contributed by atoms with van der Waals surface area (Å²) in [5, 5.41) is 14.6. The number of benzene rings is 2. The van der Waals surface area contributed by atoms with Gasteiger partial charge in [0.15, 0.2) is 0 Å². The topological polar surface area (TPSA) is 110 Å². The molecule has 0 bridgehead atoms. The van der Waals surface area contributed by atoms with Crippen molar-refractivity contribution in [3.63, 3.8) is 0 Å². The number of ether oxygens (including phenoxy) is 1. The predicted octanol–water partition coefficient (Wildman–Crippen LogP) is 2.88. The number of aromatic amines is 1. The van der Waals surface area contributed by atoms with Crippen LogP contribution in [0.3, 0.4) is 0 Å². The summed E-state index contributed by atoms with van der Waals surface area (Å²) in [4.78, 5) is 29.1. The Bertz CT molecular complexity index is 983. The van der Waals surface area contributed by atoms with Gasteiger partial charge in [0.2, 0.25) is 0 Å². The first kappa shape index (κ1) is 17.4. The van der Waals surface area contributed by atoms with Crippen molar-refractivity contribution in [1.29, 1.82) is 0 Å². The second-order valence-corrected chi connectivity index (χ2v) is 5.75. The average Bonchev–Trinajstić information content (AvgIpc) is 2.65. The number of nitro benzene ring substituents is 1. The van der Waals surface area contributed by atoms with Crippen molar-refractivity contribution in [3.8, 4) is 5.75 Å². The van der Waals surface area contributed by atoms with E-state index in [1.54, 1.807) is 7.11 Å². The van der Waals surface area contributed by atoms with Crippen molar-refractivity contribution in [3.05, 3.63) is 68.8 Å². The van der Waals surface area contributed by atoms with Crippen LogP contribution in [0.2, 0.25) is 0 Å². The number of nitrogens with zero attached hydrogens (tertiary/aromatic N) is 2. The highest BCUT2D eigenvalue weighted by Gasteiger charge is 2.16. The summed E-state index contributed by atoms with van der Waals surface area (Å²) in [5.41, 5.74) is 1.39. The zero-order valence-electron chi connectivity index (χ0n) is 14.2. The third-order valence-corrected chi connectivity index (χ3v) is 4.07. The fourth-order valence-electron chi connectivity index (χ4n) is 2.70. The van der Waals surface area contributed by atoms with E-state index in [1.165, 1.54) is 18.5 Å². The molecular weight excluding hydrogens is 336 g/mol. The minimum atomic E-state index is -0.502. The Labute approximate surface area is 149 Å². The molecule has 0 fully saturated rings. The van der Waals surface area contributed by atoms with Gasteiger partial charge in [-0.1, -0.05) is 12.1 Å². The third-order valence-electron chi connectivity index (χ3n) is 4.07. The van der Waals surface area contributed by atoms with E-state index >= 15 is 0 Å². The number of fused-ring (bicyclic) bond motifs is 1. The number of hydrogen-bond acceptors (Lipinski definition) is 6. The van der Waals surface area contributed by atoms with Crippen LogP contribution in [0.4, 0.5) is 11.4 Å². The maximum atomic E-state index is 11.8. The number of hydrogen-bond donors (Lipinski definition) is 2. The van der Waals surface area contributed by atoms with Crippen molar-refractivity contribution in [2.45, 2.75) is 12.8 Å². The number of nitrogens with one attached hydrogen (secondary N) is 2. The lowest BCUT2D eigenvalue weighted by atomic mass is 10.1. The van der Waals surface area contributed by atoms with Gasteiger partial charge in [0.1, 0.15) is 11.4 Å². The summed E-state index contributed by atoms with van der Waals surface area (Å²) in [6.07, 6.45) is 2.91. The van der Waals surface area contributed by atoms with E-state index in [0.717, 1.165) is 24.2 Å². The zero-order valence-corrected chi connectivity index (χ0v) is 14.2. The lowest BCUT2D eigenvalue weighted by Gasteiger charge is -2.08. The van der Waals surface area contributed by atoms with Crippen molar-refractivity contribution < 1.29 is 9.66 Å². The second-order valence-electron chi connectivity index (χ2n) is 5.75. The van der Waals surface area contributed by atoms with Gasteiger partial charge >= 0.3 is 0 Å². The minimum Gasteiger partial charge on any atom is -0.497 e. The van der Waals surface area contributed by atoms with E-state index in [2.05, 4.69) is 15.3 Å². The van der Waals surface area contributed by atoms with Gasteiger partial charge in [-0.15, -0.1) is 0 Å². The Balaban J connectivity index is 1.70. The van der Waals surface area contributed by atoms with E-state index < -0.39 is 10.5 Å². The highest BCUT2D eigenvalue weighted by atomic mass is 16.6. The maximum absolute atomic E-state index is 11.8. The van der Waals surface area contributed by atoms with Crippen molar-refractivity contribution >= 4 is 22.3 Å². The lowest BCUT2D eigenvalue weighted by molar-refractivity contribution is -0.383. The van der Waals surface area contributed by atoms with E-state index in [9.17, 15) is 14.9 Å². The molecule has 3 rings (SSSR count). The highest BCUT2D eigenvalue weighted by Crippen LogP contribution is 2.27. The van der Waals surface area contributed by atoms with Gasteiger partial charge in [0, 0.05) is 12.6 Å². The molecular formula is C18H18N4O4. The predicted molar refractivity (Wildman–Crippen MR) is 98.8 cm³/mol. The van der Waals surface area contributed by atoms with Crippen molar-refractivity contribution in [1.82, 2.24) is 9.97 Å². The molecule has 0 aliphatic carbocycles. The first-order chi connectivity index (χ1) is 12.6. The quantitative estimate of drug-likeness (QED) is 0.383. The molecule has 134 valence electrons. The molecule has 8 nitrogen and oxygen atoms in total. The first-order valence-electron chi connectivity index (χ1n) is 8.11. The zero-order chi connectivity index (χ0) is 18.5. The van der Waals surface area contributed by atoms with Crippen molar-refractivity contribution in [2.24, 2.45) is 0 Å². The van der Waals surface area contributed by atoms with Gasteiger partial charge < -0.3 is 15.0 Å². The fraction of sp³-hybridized carbons (Fsp3) is 0.222. The molecule has 0 atom stereocenters. The van der Waals surface area contributed by atoms with Crippen LogP contribution < -0.4 is 15.6 Å². The van der Waals surface area contributed by atoms with Crippen molar-refractivity contribution in [2.75, 3.05) is 19.0 Å². The van der Waals surface area contributed by atoms with E-state index in [0.29, 0.717) is 17.7 Å². The number of aryl methyl sites for hydroxylation is 1. The van der Waals surface area contributed by atoms with Crippen LogP contribution in [0.15, 0.2) is 47.5 Å². The molecule has 1 aromatic heterocycles. The van der Waals surface area contributed by atoms with Gasteiger partial charge in [-0.05, 0) is 36.6 Å². The number of rotatable bonds is 7. The molecule has 1 heterocycles. The Morgan fingerprint density at radius 1 is 1.27 bits per heavy atom. The Hall–Kier alpha value is -3.42. The first-order valence-corrected chi connectivity index (χ1v) is 8.11. The van der Waals surface area contributed by atoms with Crippen LogP contribution >= 0.6 is 0 Å². The molecule has 0 aliphatic rings. The van der Waals surface area contributed by atoms with Gasteiger partial charge in [0.25, 0.3) is 11.2 Å². The van der Waals surface area contributed by atoms with Gasteiger partial charge in [-0.3, -0.25) is 14.9 Å². The number of aromatic nitrogens is 2. The summed E-state index contributed by atoms with van der Waals surface area (Å²) < 4.78 is 5.13. The molecule has 2 N–H and O–H groups in total. The second kappa shape index (κ2) is 7.64. The Morgan fingerprint density at radius 3 is 2.73 bits per heavy atom. The smallest absolute Gasteiger partial charge is 0.293 e. The van der Waals surface area contributed by atoms with Crippen LogP contribution in [0.1, 0.15) is 12.0 Å². The van der Waals surface area contributed by atoms with Gasteiger partial charge in [0.05, 0.1) is 29.3 Å². The number of anilines is 1. The molecule has 0 amide bonds. The van der Waals surface area contributed by atoms with Crippen LogP contribution in [0.5, 0.6) is 5.75 Å².